The van der Waals surface area contributed by atoms with Crippen LogP contribution in [0.25, 0.3) is 22.4 Å². The van der Waals surface area contributed by atoms with E-state index in [1.54, 1.807) is 6.07 Å². The van der Waals surface area contributed by atoms with E-state index in [1.807, 2.05) is 12.1 Å². The van der Waals surface area contributed by atoms with E-state index in [0.29, 0.717) is 17.1 Å². The van der Waals surface area contributed by atoms with Crippen LogP contribution in [0.5, 0.6) is 0 Å². The van der Waals surface area contributed by atoms with Crippen LogP contribution in [-0.2, 0) is 0 Å². The Balaban J connectivity index is 1.70. The maximum Gasteiger partial charge on any atom is 0.250 e. The Labute approximate surface area is 140 Å². The number of fused-ring (bicyclic) bond motifs is 1. The Kier molecular flexibility index (Phi) is 3.58. The van der Waals surface area contributed by atoms with Gasteiger partial charge in [-0.05, 0) is 44.1 Å². The average molecular weight is 320 g/mol. The Morgan fingerprint density at radius 2 is 2.04 bits per heavy atom. The third-order valence-corrected chi connectivity index (χ3v) is 4.87. The fraction of sp³-hybridized carbons (Fsp3) is 0.263. The Morgan fingerprint density at radius 1 is 1.25 bits per heavy atom. The monoisotopic (exact) mass is 320 g/mol. The van der Waals surface area contributed by atoms with Crippen molar-refractivity contribution in [2.45, 2.75) is 18.9 Å². The Hall–Kier alpha value is -2.66. The lowest BCUT2D eigenvalue weighted by molar-refractivity contribution is 0.100. The van der Waals surface area contributed by atoms with Crippen LogP contribution in [0.4, 0.5) is 0 Å². The van der Waals surface area contributed by atoms with Gasteiger partial charge in [-0.3, -0.25) is 9.69 Å². The number of H-pyrrole nitrogens is 1. The molecule has 0 radical (unpaired) electrons. The summed E-state index contributed by atoms with van der Waals surface area (Å²) in [6.45, 7) is 1.16. The van der Waals surface area contributed by atoms with Crippen LogP contribution in [-0.4, -0.2) is 34.4 Å². The molecule has 24 heavy (non-hydrogen) atoms. The molecule has 1 atom stereocenters. The molecular weight excluding hydrogens is 300 g/mol. The number of imidazole rings is 1. The largest absolute Gasteiger partial charge is 0.366 e. The average Bonchev–Trinajstić information content (AvgIpc) is 3.20. The number of primary amides is 1. The van der Waals surface area contributed by atoms with Gasteiger partial charge < -0.3 is 10.7 Å². The summed E-state index contributed by atoms with van der Waals surface area (Å²) >= 11 is 0. The molecule has 1 unspecified atom stereocenters. The zero-order valence-electron chi connectivity index (χ0n) is 13.6. The van der Waals surface area contributed by atoms with Crippen molar-refractivity contribution < 1.29 is 4.79 Å². The molecule has 0 saturated carbocycles. The van der Waals surface area contributed by atoms with Gasteiger partial charge in [-0.1, -0.05) is 30.3 Å². The van der Waals surface area contributed by atoms with Crippen LogP contribution in [0.3, 0.4) is 0 Å². The number of aromatic nitrogens is 2. The highest BCUT2D eigenvalue weighted by Crippen LogP contribution is 2.31. The molecule has 1 fully saturated rings. The number of hydrogen-bond acceptors (Lipinski definition) is 3. The van der Waals surface area contributed by atoms with E-state index in [-0.39, 0.29) is 0 Å². The number of para-hydroxylation sites is 1. The van der Waals surface area contributed by atoms with E-state index in [9.17, 15) is 4.79 Å². The number of hydrogen-bond donors (Lipinski definition) is 2. The SMILES string of the molecule is CN1CCCC1c1ccc(-c2nc3c(C(N)=O)cccc3[nH]2)cc1. The normalized spacial score (nSPS) is 18.3. The summed E-state index contributed by atoms with van der Waals surface area (Å²) in [6, 6.07) is 14.4. The van der Waals surface area contributed by atoms with E-state index in [1.165, 1.54) is 18.4 Å². The van der Waals surface area contributed by atoms with Gasteiger partial charge in [0.1, 0.15) is 11.3 Å². The van der Waals surface area contributed by atoms with Crippen molar-refractivity contribution in [3.8, 4) is 11.4 Å². The highest BCUT2D eigenvalue weighted by Gasteiger charge is 2.22. The van der Waals surface area contributed by atoms with Gasteiger partial charge in [0.05, 0.1) is 11.1 Å². The van der Waals surface area contributed by atoms with E-state index in [2.05, 4.69) is 46.2 Å². The topological polar surface area (TPSA) is 75.0 Å². The summed E-state index contributed by atoms with van der Waals surface area (Å²) in [5, 5.41) is 0. The molecule has 1 aliphatic heterocycles. The van der Waals surface area contributed by atoms with Crippen molar-refractivity contribution in [1.82, 2.24) is 14.9 Å². The number of nitrogens with zero attached hydrogens (tertiary/aromatic N) is 2. The van der Waals surface area contributed by atoms with Crippen molar-refractivity contribution in [2.24, 2.45) is 5.73 Å². The van der Waals surface area contributed by atoms with Crippen molar-refractivity contribution in [2.75, 3.05) is 13.6 Å². The highest BCUT2D eigenvalue weighted by molar-refractivity contribution is 6.04. The van der Waals surface area contributed by atoms with Crippen LogP contribution >= 0.6 is 0 Å². The lowest BCUT2D eigenvalue weighted by Crippen LogP contribution is -2.17. The molecule has 122 valence electrons. The summed E-state index contributed by atoms with van der Waals surface area (Å²) < 4.78 is 0. The van der Waals surface area contributed by atoms with Crippen LogP contribution in [0.15, 0.2) is 42.5 Å². The molecule has 5 nitrogen and oxygen atoms in total. The summed E-state index contributed by atoms with van der Waals surface area (Å²) in [5.74, 6) is 0.295. The van der Waals surface area contributed by atoms with Gasteiger partial charge in [-0.2, -0.15) is 0 Å². The summed E-state index contributed by atoms with van der Waals surface area (Å²) in [5.41, 5.74) is 9.67. The Bertz CT molecular complexity index is 897. The fourth-order valence-corrected chi connectivity index (χ4v) is 3.56. The number of carbonyl (C=O) groups is 1. The van der Waals surface area contributed by atoms with Gasteiger partial charge in [0.15, 0.2) is 0 Å². The number of rotatable bonds is 3. The van der Waals surface area contributed by atoms with Gasteiger partial charge in [-0.25, -0.2) is 4.98 Å². The molecule has 0 bridgehead atoms. The molecule has 5 heteroatoms. The smallest absolute Gasteiger partial charge is 0.250 e. The van der Waals surface area contributed by atoms with Crippen LogP contribution in [0.1, 0.15) is 34.8 Å². The van der Waals surface area contributed by atoms with Crippen molar-refractivity contribution in [1.29, 1.82) is 0 Å². The van der Waals surface area contributed by atoms with Gasteiger partial charge in [0.25, 0.3) is 5.91 Å². The minimum absolute atomic E-state index is 0.444. The first-order valence-electron chi connectivity index (χ1n) is 8.22. The molecule has 1 aliphatic rings. The second-order valence-corrected chi connectivity index (χ2v) is 6.41. The van der Waals surface area contributed by atoms with Crippen molar-refractivity contribution in [3.05, 3.63) is 53.6 Å². The van der Waals surface area contributed by atoms with Crippen LogP contribution in [0.2, 0.25) is 0 Å². The lowest BCUT2D eigenvalue weighted by Gasteiger charge is -2.19. The third kappa shape index (κ3) is 2.47. The van der Waals surface area contributed by atoms with Crippen LogP contribution < -0.4 is 5.73 Å². The number of benzene rings is 2. The zero-order chi connectivity index (χ0) is 16.7. The minimum atomic E-state index is -0.460. The second kappa shape index (κ2) is 5.76. The first-order valence-corrected chi connectivity index (χ1v) is 8.22. The fourth-order valence-electron chi connectivity index (χ4n) is 3.56. The zero-order valence-corrected chi connectivity index (χ0v) is 13.6. The van der Waals surface area contributed by atoms with Gasteiger partial charge in [0, 0.05) is 11.6 Å². The first-order chi connectivity index (χ1) is 11.6. The molecule has 2 heterocycles. The lowest BCUT2D eigenvalue weighted by atomic mass is 10.0. The molecule has 1 aromatic heterocycles. The molecule has 3 aromatic rings. The van der Waals surface area contributed by atoms with Crippen molar-refractivity contribution >= 4 is 16.9 Å². The van der Waals surface area contributed by atoms with Gasteiger partial charge in [0.2, 0.25) is 0 Å². The molecule has 1 saturated heterocycles. The summed E-state index contributed by atoms with van der Waals surface area (Å²) in [4.78, 5) is 21.8. The molecule has 0 aliphatic carbocycles. The maximum absolute atomic E-state index is 11.5. The molecule has 4 rings (SSSR count). The second-order valence-electron chi connectivity index (χ2n) is 6.41. The van der Waals surface area contributed by atoms with E-state index in [0.717, 1.165) is 23.4 Å². The number of amides is 1. The predicted octanol–water partition coefficient (Wildman–Crippen LogP) is 3.10. The number of carbonyl (C=O) groups excluding carboxylic acids is 1. The predicted molar refractivity (Wildman–Crippen MR) is 94.7 cm³/mol. The maximum atomic E-state index is 11.5. The molecular formula is C19H20N4O. The van der Waals surface area contributed by atoms with Gasteiger partial charge in [-0.15, -0.1) is 0 Å². The molecule has 1 amide bonds. The number of nitrogens with one attached hydrogen (secondary N) is 1. The van der Waals surface area contributed by atoms with Crippen molar-refractivity contribution in [3.63, 3.8) is 0 Å². The molecule has 2 aromatic carbocycles. The third-order valence-electron chi connectivity index (χ3n) is 4.87. The summed E-state index contributed by atoms with van der Waals surface area (Å²) in [7, 11) is 2.18. The number of aromatic amines is 1. The quantitative estimate of drug-likeness (QED) is 0.778. The standard InChI is InChI=1S/C19H20N4O/c1-23-11-3-6-16(23)12-7-9-13(10-8-12)19-21-15-5-2-4-14(18(20)24)17(15)22-19/h2,4-5,7-10,16H,3,6,11H2,1H3,(H2,20,24)(H,21,22). The van der Waals surface area contributed by atoms with E-state index < -0.39 is 5.91 Å². The van der Waals surface area contributed by atoms with Gasteiger partial charge >= 0.3 is 0 Å². The number of nitrogens with two attached hydrogens (primary N) is 1. The summed E-state index contributed by atoms with van der Waals surface area (Å²) in [6.07, 6.45) is 2.46. The first kappa shape index (κ1) is 14.9. The number of likely N-dealkylation sites (tertiary alicyclic amines) is 1. The molecule has 3 N–H and O–H groups in total. The minimum Gasteiger partial charge on any atom is -0.366 e. The van der Waals surface area contributed by atoms with Crippen LogP contribution in [0, 0.1) is 0 Å². The van der Waals surface area contributed by atoms with E-state index >= 15 is 0 Å². The Morgan fingerprint density at radius 3 is 2.71 bits per heavy atom. The molecule has 0 spiro atoms. The highest BCUT2D eigenvalue weighted by atomic mass is 16.1. The van der Waals surface area contributed by atoms with E-state index in [4.69, 9.17) is 5.73 Å².